The number of rotatable bonds is 3. The van der Waals surface area contributed by atoms with E-state index in [-0.39, 0.29) is 18.1 Å². The lowest BCUT2D eigenvalue weighted by Crippen LogP contribution is -2.53. The Bertz CT molecular complexity index is 720. The maximum atomic E-state index is 12.9. The molecule has 4 rings (SSSR count). The average Bonchev–Trinajstić information content (AvgIpc) is 3.33. The fourth-order valence-corrected chi connectivity index (χ4v) is 4.09. The summed E-state index contributed by atoms with van der Waals surface area (Å²) in [6.07, 6.45) is 6.87. The van der Waals surface area contributed by atoms with Gasteiger partial charge >= 0.3 is 0 Å². The fourth-order valence-electron chi connectivity index (χ4n) is 4.09. The van der Waals surface area contributed by atoms with Crippen LogP contribution in [0, 0.1) is 0 Å². The van der Waals surface area contributed by atoms with Crippen molar-refractivity contribution in [1.29, 1.82) is 0 Å². The highest BCUT2D eigenvalue weighted by Gasteiger charge is 2.33. The molecule has 5 nitrogen and oxygen atoms in total. The van der Waals surface area contributed by atoms with Crippen molar-refractivity contribution >= 4 is 5.91 Å². The minimum atomic E-state index is -0.194. The molecule has 2 atom stereocenters. The molecule has 2 fully saturated rings. The molecule has 0 spiro atoms. The number of aliphatic hydroxyl groups excluding tert-OH is 1. The number of hydrogen-bond acceptors (Lipinski definition) is 3. The number of benzene rings is 1. The molecular formula is C20H25N3O2. The van der Waals surface area contributed by atoms with Crippen LogP contribution in [0.25, 0.3) is 5.69 Å². The molecule has 0 unspecified atom stereocenters. The van der Waals surface area contributed by atoms with E-state index in [9.17, 15) is 9.90 Å². The zero-order valence-electron chi connectivity index (χ0n) is 14.4. The summed E-state index contributed by atoms with van der Waals surface area (Å²) in [5.74, 6) is 0.0978. The van der Waals surface area contributed by atoms with Crippen molar-refractivity contribution in [1.82, 2.24) is 14.4 Å². The zero-order chi connectivity index (χ0) is 17.2. The van der Waals surface area contributed by atoms with Gasteiger partial charge in [-0.1, -0.05) is 6.07 Å². The number of aromatic nitrogens is 1. The lowest BCUT2D eigenvalue weighted by Gasteiger charge is -2.39. The Morgan fingerprint density at radius 3 is 2.44 bits per heavy atom. The van der Waals surface area contributed by atoms with Crippen molar-refractivity contribution in [3.63, 3.8) is 0 Å². The van der Waals surface area contributed by atoms with Crippen molar-refractivity contribution in [2.45, 2.75) is 31.4 Å². The highest BCUT2D eigenvalue weighted by atomic mass is 16.3. The van der Waals surface area contributed by atoms with Gasteiger partial charge in [-0.2, -0.15) is 0 Å². The molecule has 1 aromatic heterocycles. The summed E-state index contributed by atoms with van der Waals surface area (Å²) in [7, 11) is 0. The Kier molecular flexibility index (Phi) is 4.59. The standard InChI is InChI=1S/C20H25N3O2/c24-19-8-4-7-18(19)22-11-13-23(14-12-22)20(25)16-5-3-6-17(15-16)21-9-1-2-10-21/h1-3,5-6,9-10,15,18-19,24H,4,7-8,11-14H2/t18-,19-/m0/s1. The van der Waals surface area contributed by atoms with Gasteiger partial charge in [0.25, 0.3) is 5.91 Å². The van der Waals surface area contributed by atoms with E-state index in [2.05, 4.69) is 4.90 Å². The number of nitrogens with zero attached hydrogens (tertiary/aromatic N) is 3. The minimum absolute atomic E-state index is 0.0978. The SMILES string of the molecule is O=C(c1cccc(-n2cccc2)c1)N1CCN([C@H]2CCC[C@@H]2O)CC1. The molecule has 1 aromatic carbocycles. The van der Waals surface area contributed by atoms with Crippen molar-refractivity contribution in [3.8, 4) is 5.69 Å². The molecule has 25 heavy (non-hydrogen) atoms. The summed E-state index contributed by atoms with van der Waals surface area (Å²) in [6, 6.07) is 12.0. The van der Waals surface area contributed by atoms with E-state index in [0.717, 1.165) is 56.7 Å². The third-order valence-corrected chi connectivity index (χ3v) is 5.51. The topological polar surface area (TPSA) is 48.7 Å². The van der Waals surface area contributed by atoms with Crippen molar-refractivity contribution in [2.75, 3.05) is 26.2 Å². The summed E-state index contributed by atoms with van der Waals surface area (Å²) >= 11 is 0. The Morgan fingerprint density at radius 2 is 1.76 bits per heavy atom. The lowest BCUT2D eigenvalue weighted by atomic mass is 10.1. The van der Waals surface area contributed by atoms with Crippen molar-refractivity contribution in [2.24, 2.45) is 0 Å². The molecule has 5 heteroatoms. The lowest BCUT2D eigenvalue weighted by molar-refractivity contribution is 0.0315. The molecule has 132 valence electrons. The van der Waals surface area contributed by atoms with E-state index in [1.807, 2.05) is 58.3 Å². The number of aliphatic hydroxyl groups is 1. The van der Waals surface area contributed by atoms with Crippen LogP contribution in [0.3, 0.4) is 0 Å². The van der Waals surface area contributed by atoms with Crippen LogP contribution in [0.1, 0.15) is 29.6 Å². The summed E-state index contributed by atoms with van der Waals surface area (Å²) in [5, 5.41) is 10.1. The number of hydrogen-bond donors (Lipinski definition) is 1. The van der Waals surface area contributed by atoms with Gasteiger partial charge < -0.3 is 14.6 Å². The zero-order valence-corrected chi connectivity index (χ0v) is 14.4. The molecule has 1 aliphatic carbocycles. The van der Waals surface area contributed by atoms with E-state index < -0.39 is 0 Å². The maximum Gasteiger partial charge on any atom is 0.254 e. The van der Waals surface area contributed by atoms with Crippen LogP contribution in [0.4, 0.5) is 0 Å². The monoisotopic (exact) mass is 339 g/mol. The summed E-state index contributed by atoms with van der Waals surface area (Å²) in [5.41, 5.74) is 1.74. The van der Waals surface area contributed by atoms with Gasteiger partial charge in [-0.05, 0) is 49.6 Å². The van der Waals surface area contributed by atoms with Gasteiger partial charge in [0.1, 0.15) is 0 Å². The normalized spacial score (nSPS) is 24.6. The maximum absolute atomic E-state index is 12.9. The van der Waals surface area contributed by atoms with Crippen LogP contribution < -0.4 is 0 Å². The first-order chi connectivity index (χ1) is 12.2. The van der Waals surface area contributed by atoms with Gasteiger partial charge in [0.15, 0.2) is 0 Å². The first-order valence-electron chi connectivity index (χ1n) is 9.17. The second-order valence-corrected chi connectivity index (χ2v) is 7.03. The molecular weight excluding hydrogens is 314 g/mol. The van der Waals surface area contributed by atoms with Crippen LogP contribution in [-0.2, 0) is 0 Å². The molecule has 2 aromatic rings. The van der Waals surface area contributed by atoms with Gasteiger partial charge in [0.05, 0.1) is 6.10 Å². The molecule has 0 radical (unpaired) electrons. The fraction of sp³-hybridized carbons (Fsp3) is 0.450. The van der Waals surface area contributed by atoms with Crippen LogP contribution in [0.15, 0.2) is 48.8 Å². The van der Waals surface area contributed by atoms with Crippen molar-refractivity contribution < 1.29 is 9.90 Å². The van der Waals surface area contributed by atoms with Gasteiger partial charge in [-0.15, -0.1) is 0 Å². The Hall–Kier alpha value is -2.11. The summed E-state index contributed by atoms with van der Waals surface area (Å²) in [6.45, 7) is 3.17. The smallest absolute Gasteiger partial charge is 0.254 e. The average molecular weight is 339 g/mol. The molecule has 0 bridgehead atoms. The Morgan fingerprint density at radius 1 is 1.00 bits per heavy atom. The predicted molar refractivity (Wildman–Crippen MR) is 96.9 cm³/mol. The van der Waals surface area contributed by atoms with Crippen molar-refractivity contribution in [3.05, 3.63) is 54.4 Å². The van der Waals surface area contributed by atoms with Gasteiger partial charge in [-0.25, -0.2) is 0 Å². The highest BCUT2D eigenvalue weighted by Crippen LogP contribution is 2.25. The second-order valence-electron chi connectivity index (χ2n) is 7.03. The quantitative estimate of drug-likeness (QED) is 0.932. The molecule has 1 N–H and O–H groups in total. The molecule has 1 aliphatic heterocycles. The first kappa shape index (κ1) is 16.4. The summed E-state index contributed by atoms with van der Waals surface area (Å²) in [4.78, 5) is 17.2. The third kappa shape index (κ3) is 3.34. The Balaban J connectivity index is 1.41. The van der Waals surface area contributed by atoms with E-state index in [1.54, 1.807) is 0 Å². The Labute approximate surface area is 148 Å². The van der Waals surface area contributed by atoms with Crippen LogP contribution >= 0.6 is 0 Å². The van der Waals surface area contributed by atoms with Crippen LogP contribution in [0.2, 0.25) is 0 Å². The van der Waals surface area contributed by atoms with E-state index in [1.165, 1.54) is 0 Å². The number of carbonyl (C=O) groups is 1. The largest absolute Gasteiger partial charge is 0.391 e. The molecule has 1 saturated heterocycles. The molecule has 2 heterocycles. The van der Waals surface area contributed by atoms with Gasteiger partial charge in [-0.3, -0.25) is 9.69 Å². The minimum Gasteiger partial charge on any atom is -0.391 e. The number of amides is 1. The number of carbonyl (C=O) groups excluding carboxylic acids is 1. The van der Waals surface area contributed by atoms with Crippen LogP contribution in [0.5, 0.6) is 0 Å². The van der Waals surface area contributed by atoms with E-state index in [0.29, 0.717) is 0 Å². The predicted octanol–water partition coefficient (Wildman–Crippen LogP) is 2.15. The van der Waals surface area contributed by atoms with Gasteiger partial charge in [0.2, 0.25) is 0 Å². The van der Waals surface area contributed by atoms with Crippen LogP contribution in [-0.4, -0.2) is 63.7 Å². The first-order valence-corrected chi connectivity index (χ1v) is 9.17. The van der Waals surface area contributed by atoms with Gasteiger partial charge in [0, 0.05) is 55.9 Å². The molecule has 1 amide bonds. The number of piperazine rings is 1. The summed E-state index contributed by atoms with van der Waals surface area (Å²) < 4.78 is 2.01. The van der Waals surface area contributed by atoms with E-state index >= 15 is 0 Å². The molecule has 1 saturated carbocycles. The second kappa shape index (κ2) is 7.02. The third-order valence-electron chi connectivity index (χ3n) is 5.51. The molecule has 2 aliphatic rings. The highest BCUT2D eigenvalue weighted by molar-refractivity contribution is 5.94. The van der Waals surface area contributed by atoms with E-state index in [4.69, 9.17) is 0 Å².